The summed E-state index contributed by atoms with van der Waals surface area (Å²) < 4.78 is 32.3. The normalized spacial score (nSPS) is 11.1. The van der Waals surface area contributed by atoms with Crippen molar-refractivity contribution in [1.82, 2.24) is 4.72 Å². The van der Waals surface area contributed by atoms with Gasteiger partial charge in [-0.3, -0.25) is 4.79 Å². The number of rotatable bonds is 6. The molecule has 0 radical (unpaired) electrons. The van der Waals surface area contributed by atoms with Gasteiger partial charge < -0.3 is 4.74 Å². The Labute approximate surface area is 160 Å². The first-order valence-corrected chi connectivity index (χ1v) is 9.83. The Balaban J connectivity index is 2.12. The van der Waals surface area contributed by atoms with Crippen LogP contribution in [0, 0.1) is 11.3 Å². The maximum Gasteiger partial charge on any atom is 0.257 e. The maximum atomic E-state index is 12.2. The van der Waals surface area contributed by atoms with Crippen molar-refractivity contribution in [3.05, 3.63) is 69.7 Å². The average Bonchev–Trinajstić information content (AvgIpc) is 2.59. The largest absolute Gasteiger partial charge is 0.496 e. The van der Waals surface area contributed by atoms with Crippen molar-refractivity contribution in [3.63, 3.8) is 0 Å². The third kappa shape index (κ3) is 5.44. The molecule has 0 heterocycles. The molecule has 2 aromatic rings. The number of nitriles is 1. The topological polar surface area (TPSA) is 96.3 Å². The predicted octanol–water partition coefficient (Wildman–Crippen LogP) is 2.99. The minimum Gasteiger partial charge on any atom is -0.496 e. The average molecular weight is 435 g/mol. The van der Waals surface area contributed by atoms with Gasteiger partial charge in [0.1, 0.15) is 5.75 Å². The van der Waals surface area contributed by atoms with E-state index in [1.165, 1.54) is 25.3 Å². The number of hydrogen-bond donors (Lipinski definition) is 1. The summed E-state index contributed by atoms with van der Waals surface area (Å²) in [5, 5.41) is 9.02. The number of nitrogens with one attached hydrogen (secondary N) is 1. The van der Waals surface area contributed by atoms with Gasteiger partial charge in [0.05, 0.1) is 24.5 Å². The van der Waals surface area contributed by atoms with E-state index in [0.29, 0.717) is 16.9 Å². The zero-order valence-electron chi connectivity index (χ0n) is 13.8. The molecule has 0 aromatic heterocycles. The van der Waals surface area contributed by atoms with E-state index >= 15 is 0 Å². The molecule has 8 heteroatoms. The minimum atomic E-state index is -3.94. The van der Waals surface area contributed by atoms with Crippen molar-refractivity contribution in [2.75, 3.05) is 7.11 Å². The Morgan fingerprint density at radius 2 is 2.04 bits per heavy atom. The fourth-order valence-corrected chi connectivity index (χ4v) is 3.67. The fourth-order valence-electron chi connectivity index (χ4n) is 2.18. The summed E-state index contributed by atoms with van der Waals surface area (Å²) in [6.45, 7) is 0. The predicted molar refractivity (Wildman–Crippen MR) is 102 cm³/mol. The van der Waals surface area contributed by atoms with Crippen molar-refractivity contribution < 1.29 is 17.9 Å². The summed E-state index contributed by atoms with van der Waals surface area (Å²) in [4.78, 5) is 12.0. The van der Waals surface area contributed by atoms with Crippen molar-refractivity contribution in [2.24, 2.45) is 0 Å². The van der Waals surface area contributed by atoms with Gasteiger partial charge in [0.25, 0.3) is 5.91 Å². The van der Waals surface area contributed by atoms with E-state index in [9.17, 15) is 13.2 Å². The molecular weight excluding hydrogens is 420 g/mol. The summed E-state index contributed by atoms with van der Waals surface area (Å²) in [5.41, 5.74) is 1.19. The third-order valence-electron chi connectivity index (χ3n) is 3.35. The van der Waals surface area contributed by atoms with Crippen LogP contribution in [0.25, 0.3) is 6.08 Å². The molecule has 0 saturated carbocycles. The number of benzene rings is 2. The number of ether oxygens (including phenoxy) is 1. The standard InChI is InChI=1S/C18H15BrN2O4S/c1-25-17-8-7-16(19)10-13(17)6-9-18(22)21-26(23,24)12-15-5-3-2-4-14(15)11-20/h2-10H,12H2,1H3,(H,21,22)/b9-6+. The van der Waals surface area contributed by atoms with Crippen LogP contribution in [0.2, 0.25) is 0 Å². The first kappa shape index (κ1) is 19.7. The molecule has 2 aromatic carbocycles. The van der Waals surface area contributed by atoms with Crippen LogP contribution < -0.4 is 9.46 Å². The molecule has 0 aliphatic heterocycles. The highest BCUT2D eigenvalue weighted by Gasteiger charge is 2.16. The van der Waals surface area contributed by atoms with Gasteiger partial charge in [-0.1, -0.05) is 34.1 Å². The van der Waals surface area contributed by atoms with Crippen molar-refractivity contribution in [1.29, 1.82) is 5.26 Å². The van der Waals surface area contributed by atoms with Crippen LogP contribution in [0.4, 0.5) is 0 Å². The van der Waals surface area contributed by atoms with Gasteiger partial charge >= 0.3 is 0 Å². The molecule has 2 rings (SSSR count). The Bertz CT molecular complexity index is 994. The van der Waals surface area contributed by atoms with Gasteiger partial charge in [0.2, 0.25) is 10.0 Å². The molecule has 1 amide bonds. The summed E-state index contributed by atoms with van der Waals surface area (Å²) in [6.07, 6.45) is 2.57. The molecule has 0 bridgehead atoms. The summed E-state index contributed by atoms with van der Waals surface area (Å²) in [7, 11) is -2.44. The van der Waals surface area contributed by atoms with E-state index in [1.807, 2.05) is 10.8 Å². The molecule has 6 nitrogen and oxygen atoms in total. The SMILES string of the molecule is COc1ccc(Br)cc1/C=C/C(=O)NS(=O)(=O)Cc1ccccc1C#N. The first-order valence-electron chi connectivity index (χ1n) is 7.38. The molecule has 0 unspecified atom stereocenters. The number of amides is 1. The molecule has 1 N–H and O–H groups in total. The number of carbonyl (C=O) groups is 1. The van der Waals surface area contributed by atoms with E-state index in [-0.39, 0.29) is 5.56 Å². The lowest BCUT2D eigenvalue weighted by Gasteiger charge is -2.07. The molecule has 0 saturated heterocycles. The van der Waals surface area contributed by atoms with Gasteiger partial charge in [-0.05, 0) is 35.9 Å². The Morgan fingerprint density at radius 3 is 2.73 bits per heavy atom. The van der Waals surface area contributed by atoms with Gasteiger partial charge in [-0.15, -0.1) is 0 Å². The number of carbonyl (C=O) groups excluding carboxylic acids is 1. The lowest BCUT2D eigenvalue weighted by Crippen LogP contribution is -2.30. The number of nitrogens with zero attached hydrogens (tertiary/aromatic N) is 1. The summed E-state index contributed by atoms with van der Waals surface area (Å²) >= 11 is 3.32. The molecular formula is C18H15BrN2O4S. The van der Waals surface area contributed by atoms with Crippen LogP contribution in [0.5, 0.6) is 5.75 Å². The summed E-state index contributed by atoms with van der Waals surface area (Å²) in [5.74, 6) is -0.708. The number of halogens is 1. The molecule has 0 aliphatic carbocycles. The van der Waals surface area contributed by atoms with Crippen LogP contribution in [-0.4, -0.2) is 21.4 Å². The molecule has 26 heavy (non-hydrogen) atoms. The van der Waals surface area contributed by atoms with Crippen LogP contribution in [-0.2, 0) is 20.6 Å². The molecule has 0 atom stereocenters. The fraction of sp³-hybridized carbons (Fsp3) is 0.111. The highest BCUT2D eigenvalue weighted by molar-refractivity contribution is 9.10. The summed E-state index contributed by atoms with van der Waals surface area (Å²) in [6, 6.07) is 13.5. The molecule has 134 valence electrons. The molecule has 0 fully saturated rings. The van der Waals surface area contributed by atoms with Gasteiger partial charge in [0, 0.05) is 16.1 Å². The third-order valence-corrected chi connectivity index (χ3v) is 5.04. The number of hydrogen-bond acceptors (Lipinski definition) is 5. The number of sulfonamides is 1. The van der Waals surface area contributed by atoms with Crippen molar-refractivity contribution >= 4 is 37.9 Å². The Kier molecular flexibility index (Phi) is 6.55. The smallest absolute Gasteiger partial charge is 0.257 e. The van der Waals surface area contributed by atoms with E-state index in [4.69, 9.17) is 10.00 Å². The monoisotopic (exact) mass is 434 g/mol. The molecule has 0 aliphatic rings. The molecule has 0 spiro atoms. The first-order chi connectivity index (χ1) is 12.3. The van der Waals surface area contributed by atoms with E-state index in [2.05, 4.69) is 15.9 Å². The lowest BCUT2D eigenvalue weighted by molar-refractivity contribution is -0.114. The van der Waals surface area contributed by atoms with Gasteiger partial charge in [-0.2, -0.15) is 5.26 Å². The highest BCUT2D eigenvalue weighted by Crippen LogP contribution is 2.24. The van der Waals surface area contributed by atoms with E-state index in [0.717, 1.165) is 10.5 Å². The lowest BCUT2D eigenvalue weighted by atomic mass is 10.1. The number of methoxy groups -OCH3 is 1. The van der Waals surface area contributed by atoms with Crippen LogP contribution >= 0.6 is 15.9 Å². The zero-order valence-corrected chi connectivity index (χ0v) is 16.2. The van der Waals surface area contributed by atoms with E-state index < -0.39 is 21.7 Å². The minimum absolute atomic E-state index is 0.250. The van der Waals surface area contributed by atoms with Crippen LogP contribution in [0.1, 0.15) is 16.7 Å². The Hall–Kier alpha value is -2.63. The zero-order chi connectivity index (χ0) is 19.2. The highest BCUT2D eigenvalue weighted by atomic mass is 79.9. The van der Waals surface area contributed by atoms with E-state index in [1.54, 1.807) is 30.3 Å². The maximum absolute atomic E-state index is 12.2. The van der Waals surface area contributed by atoms with Crippen molar-refractivity contribution in [2.45, 2.75) is 5.75 Å². The quantitative estimate of drug-likeness (QED) is 0.704. The second kappa shape index (κ2) is 8.65. The van der Waals surface area contributed by atoms with Gasteiger partial charge in [-0.25, -0.2) is 13.1 Å². The second-order valence-electron chi connectivity index (χ2n) is 5.21. The second-order valence-corrected chi connectivity index (χ2v) is 7.85. The Morgan fingerprint density at radius 1 is 1.31 bits per heavy atom. The van der Waals surface area contributed by atoms with Crippen LogP contribution in [0.3, 0.4) is 0 Å². The van der Waals surface area contributed by atoms with Crippen LogP contribution in [0.15, 0.2) is 53.0 Å². The van der Waals surface area contributed by atoms with Crippen molar-refractivity contribution in [3.8, 4) is 11.8 Å². The van der Waals surface area contributed by atoms with Gasteiger partial charge in [0.15, 0.2) is 0 Å².